The maximum Gasteiger partial charge on any atom is 0.236 e. The van der Waals surface area contributed by atoms with Crippen LogP contribution in [-0.2, 0) is 4.79 Å². The molecule has 0 aromatic carbocycles. The zero-order chi connectivity index (χ0) is 12.4. The molecule has 96 valence electrons. The molecule has 0 aromatic heterocycles. The fraction of sp³-hybridized carbons (Fsp3) is 0.923. The van der Waals surface area contributed by atoms with Crippen LogP contribution in [0.1, 0.15) is 53.4 Å². The third-order valence-electron chi connectivity index (χ3n) is 2.60. The van der Waals surface area contributed by atoms with Crippen LogP contribution in [0.3, 0.4) is 0 Å². The lowest BCUT2D eigenvalue weighted by atomic mass is 10.1. The van der Waals surface area contributed by atoms with Crippen LogP contribution in [0.5, 0.6) is 0 Å². The first-order valence-corrected chi connectivity index (χ1v) is 6.59. The van der Waals surface area contributed by atoms with Crippen LogP contribution in [0.25, 0.3) is 0 Å². The van der Waals surface area contributed by atoms with Gasteiger partial charge in [-0.25, -0.2) is 0 Å². The largest absolute Gasteiger partial charge is 0.355 e. The summed E-state index contributed by atoms with van der Waals surface area (Å²) in [5, 5.41) is 6.14. The third kappa shape index (κ3) is 8.72. The molecule has 2 N–H and O–H groups in total. The van der Waals surface area contributed by atoms with Crippen molar-refractivity contribution in [2.75, 3.05) is 13.1 Å². The van der Waals surface area contributed by atoms with Crippen molar-refractivity contribution in [2.45, 2.75) is 59.4 Å². The van der Waals surface area contributed by atoms with E-state index in [2.05, 4.69) is 31.4 Å². The molecule has 0 aliphatic rings. The van der Waals surface area contributed by atoms with Crippen molar-refractivity contribution in [3.05, 3.63) is 0 Å². The lowest BCUT2D eigenvalue weighted by molar-refractivity contribution is -0.122. The summed E-state index contributed by atoms with van der Waals surface area (Å²) >= 11 is 0. The Labute approximate surface area is 100 Å². The van der Waals surface area contributed by atoms with Crippen molar-refractivity contribution in [2.24, 2.45) is 5.92 Å². The Bertz CT molecular complexity index is 181. The van der Waals surface area contributed by atoms with Crippen LogP contribution < -0.4 is 10.6 Å². The molecule has 0 aromatic rings. The van der Waals surface area contributed by atoms with Crippen LogP contribution in [0.15, 0.2) is 0 Å². The van der Waals surface area contributed by atoms with Gasteiger partial charge in [-0.05, 0) is 32.2 Å². The predicted octanol–water partition coefficient (Wildman–Crippen LogP) is 2.32. The van der Waals surface area contributed by atoms with Gasteiger partial charge in [0.1, 0.15) is 0 Å². The molecule has 0 fully saturated rings. The summed E-state index contributed by atoms with van der Waals surface area (Å²) in [6, 6.07) is -0.0643. The first kappa shape index (κ1) is 15.4. The Balaban J connectivity index is 3.42. The number of carbonyl (C=O) groups is 1. The molecule has 0 saturated heterocycles. The van der Waals surface area contributed by atoms with E-state index in [9.17, 15) is 4.79 Å². The van der Waals surface area contributed by atoms with Crippen LogP contribution in [0.2, 0.25) is 0 Å². The molecule has 0 rings (SSSR count). The lowest BCUT2D eigenvalue weighted by Gasteiger charge is -2.13. The number of unbranched alkanes of at least 4 members (excludes halogenated alkanes) is 1. The molecule has 3 nitrogen and oxygen atoms in total. The second-order valence-corrected chi connectivity index (χ2v) is 4.86. The second-order valence-electron chi connectivity index (χ2n) is 4.86. The number of nitrogens with one attached hydrogen (secondary N) is 2. The first-order valence-electron chi connectivity index (χ1n) is 6.59. The monoisotopic (exact) mass is 228 g/mol. The van der Waals surface area contributed by atoms with E-state index in [0.29, 0.717) is 0 Å². The summed E-state index contributed by atoms with van der Waals surface area (Å²) in [4.78, 5) is 11.5. The van der Waals surface area contributed by atoms with Crippen molar-refractivity contribution in [3.8, 4) is 0 Å². The van der Waals surface area contributed by atoms with Gasteiger partial charge in [0.2, 0.25) is 5.91 Å². The highest BCUT2D eigenvalue weighted by atomic mass is 16.2. The van der Waals surface area contributed by atoms with Gasteiger partial charge in [-0.15, -0.1) is 0 Å². The number of hydrogen-bond acceptors (Lipinski definition) is 2. The quantitative estimate of drug-likeness (QED) is 0.595. The summed E-state index contributed by atoms with van der Waals surface area (Å²) in [7, 11) is 0. The van der Waals surface area contributed by atoms with Gasteiger partial charge < -0.3 is 10.6 Å². The summed E-state index contributed by atoms with van der Waals surface area (Å²) < 4.78 is 0. The number of rotatable bonds is 9. The normalized spacial score (nSPS) is 12.8. The average Bonchev–Trinajstić information content (AvgIpc) is 2.24. The molecular formula is C13H28N2O. The molecule has 16 heavy (non-hydrogen) atoms. The first-order chi connectivity index (χ1) is 7.57. The Hall–Kier alpha value is -0.570. The van der Waals surface area contributed by atoms with Crippen LogP contribution in [0, 0.1) is 5.92 Å². The third-order valence-corrected chi connectivity index (χ3v) is 2.60. The van der Waals surface area contributed by atoms with E-state index in [-0.39, 0.29) is 11.9 Å². The molecule has 0 spiro atoms. The van der Waals surface area contributed by atoms with Gasteiger partial charge in [0.05, 0.1) is 6.04 Å². The topological polar surface area (TPSA) is 41.1 Å². The lowest BCUT2D eigenvalue weighted by Crippen LogP contribution is -2.42. The Kier molecular flexibility index (Phi) is 9.30. The zero-order valence-electron chi connectivity index (χ0n) is 11.3. The Morgan fingerprint density at radius 2 is 1.81 bits per heavy atom. The van der Waals surface area contributed by atoms with Crippen molar-refractivity contribution in [1.82, 2.24) is 10.6 Å². The highest BCUT2D eigenvalue weighted by Crippen LogP contribution is 2.05. The van der Waals surface area contributed by atoms with Crippen molar-refractivity contribution in [1.29, 1.82) is 0 Å². The highest BCUT2D eigenvalue weighted by Gasteiger charge is 2.09. The SMILES string of the molecule is CCCNC(=O)C(C)NCCCCC(C)C. The molecule has 0 aliphatic heterocycles. The second kappa shape index (κ2) is 9.64. The van der Waals surface area contributed by atoms with Gasteiger partial charge in [0, 0.05) is 6.54 Å². The van der Waals surface area contributed by atoms with Crippen molar-refractivity contribution in [3.63, 3.8) is 0 Å². The predicted molar refractivity (Wildman–Crippen MR) is 69.5 cm³/mol. The van der Waals surface area contributed by atoms with Crippen molar-refractivity contribution >= 4 is 5.91 Å². The highest BCUT2D eigenvalue weighted by molar-refractivity contribution is 5.81. The van der Waals surface area contributed by atoms with Crippen LogP contribution in [-0.4, -0.2) is 25.0 Å². The number of carbonyl (C=O) groups excluding carboxylic acids is 1. The van der Waals surface area contributed by atoms with Gasteiger partial charge in [-0.1, -0.05) is 33.6 Å². The molecule has 1 amide bonds. The Morgan fingerprint density at radius 1 is 1.12 bits per heavy atom. The maximum absolute atomic E-state index is 11.5. The Morgan fingerprint density at radius 3 is 2.38 bits per heavy atom. The minimum absolute atomic E-state index is 0.0643. The minimum Gasteiger partial charge on any atom is -0.355 e. The molecule has 1 unspecified atom stereocenters. The van der Waals surface area contributed by atoms with E-state index in [0.717, 1.165) is 31.8 Å². The zero-order valence-corrected chi connectivity index (χ0v) is 11.3. The summed E-state index contributed by atoms with van der Waals surface area (Å²) in [6.07, 6.45) is 4.67. The van der Waals surface area contributed by atoms with Gasteiger partial charge in [0.15, 0.2) is 0 Å². The molecule has 0 radical (unpaired) electrons. The van der Waals surface area contributed by atoms with Crippen molar-refractivity contribution < 1.29 is 4.79 Å². The van der Waals surface area contributed by atoms with E-state index >= 15 is 0 Å². The summed E-state index contributed by atoms with van der Waals surface area (Å²) in [5.41, 5.74) is 0. The average molecular weight is 228 g/mol. The van der Waals surface area contributed by atoms with Gasteiger partial charge >= 0.3 is 0 Å². The van der Waals surface area contributed by atoms with E-state index in [1.54, 1.807) is 0 Å². The minimum atomic E-state index is -0.0643. The van der Waals surface area contributed by atoms with Gasteiger partial charge in [0.25, 0.3) is 0 Å². The van der Waals surface area contributed by atoms with E-state index in [4.69, 9.17) is 0 Å². The van der Waals surface area contributed by atoms with Crippen LogP contribution in [0.4, 0.5) is 0 Å². The molecular weight excluding hydrogens is 200 g/mol. The maximum atomic E-state index is 11.5. The molecule has 3 heteroatoms. The van der Waals surface area contributed by atoms with E-state index < -0.39 is 0 Å². The van der Waals surface area contributed by atoms with E-state index in [1.165, 1.54) is 12.8 Å². The molecule has 0 bridgehead atoms. The summed E-state index contributed by atoms with van der Waals surface area (Å²) in [5.74, 6) is 0.899. The fourth-order valence-corrected chi connectivity index (χ4v) is 1.49. The molecule has 1 atom stereocenters. The molecule has 0 heterocycles. The standard InChI is InChI=1S/C13H28N2O/c1-5-9-15-13(16)12(4)14-10-7-6-8-11(2)3/h11-12,14H,5-10H2,1-4H3,(H,15,16). The van der Waals surface area contributed by atoms with E-state index in [1.807, 2.05) is 6.92 Å². The fourth-order valence-electron chi connectivity index (χ4n) is 1.49. The number of hydrogen-bond donors (Lipinski definition) is 2. The number of amides is 1. The summed E-state index contributed by atoms with van der Waals surface area (Å²) in [6.45, 7) is 10.2. The van der Waals surface area contributed by atoms with Crippen LogP contribution >= 0.6 is 0 Å². The molecule has 0 saturated carbocycles. The molecule has 0 aliphatic carbocycles. The smallest absolute Gasteiger partial charge is 0.236 e. The van der Waals surface area contributed by atoms with Gasteiger partial charge in [-0.2, -0.15) is 0 Å². The van der Waals surface area contributed by atoms with Gasteiger partial charge in [-0.3, -0.25) is 4.79 Å².